The minimum Gasteiger partial charge on any atom is -0.480 e. The smallest absolute Gasteiger partial charge is 0.264 e. The number of halogens is 2. The molecule has 0 radical (unpaired) electrons. The molecule has 0 atom stereocenters. The number of benzene rings is 2. The maximum Gasteiger partial charge on any atom is 0.264 e. The fraction of sp³-hybridized carbons (Fsp3) is 0.167. The number of anilines is 1. The predicted molar refractivity (Wildman–Crippen MR) is 132 cm³/mol. The highest BCUT2D eigenvalue weighted by molar-refractivity contribution is 7.92. The van der Waals surface area contributed by atoms with Crippen LogP contribution in [0.1, 0.15) is 6.42 Å². The van der Waals surface area contributed by atoms with E-state index < -0.39 is 26.6 Å². The Morgan fingerprint density at radius 1 is 1.08 bits per heavy atom. The number of carbonyl (C=O) groups is 1. The molecule has 0 bridgehead atoms. The van der Waals surface area contributed by atoms with Crippen LogP contribution >= 0.6 is 0 Å². The Bertz CT molecular complexity index is 1670. The number of hydrogen-bond acceptors (Lipinski definition) is 7. The van der Waals surface area contributed by atoms with Crippen LogP contribution in [-0.2, 0) is 21.4 Å². The van der Waals surface area contributed by atoms with E-state index in [9.17, 15) is 26.8 Å². The van der Waals surface area contributed by atoms with E-state index in [1.165, 1.54) is 37.3 Å². The highest BCUT2D eigenvalue weighted by Crippen LogP contribution is 2.31. The van der Waals surface area contributed by atoms with Crippen molar-refractivity contribution in [2.24, 2.45) is 0 Å². The molecule has 0 unspecified atom stereocenters. The van der Waals surface area contributed by atoms with Crippen LogP contribution in [0.3, 0.4) is 0 Å². The van der Waals surface area contributed by atoms with Gasteiger partial charge in [-0.15, -0.1) is 0 Å². The summed E-state index contributed by atoms with van der Waals surface area (Å²) in [6.45, 7) is 0.141. The standard InChI is InChI=1S/C24H21F2N5O5S/c1-27-22(32)7-8-31-13-29-19-5-3-14(9-17(19)24(31)33)15-10-20(23(36-2)28-12-15)30-37(34,35)21-6-4-16(25)11-18(21)26/h3-6,9-13,30H,7-8H2,1-2H3,(H,27,32). The number of rotatable bonds is 8. The Morgan fingerprint density at radius 3 is 2.57 bits per heavy atom. The topological polar surface area (TPSA) is 132 Å². The lowest BCUT2D eigenvalue weighted by Gasteiger charge is -2.13. The van der Waals surface area contributed by atoms with Gasteiger partial charge in [0, 0.05) is 37.8 Å². The summed E-state index contributed by atoms with van der Waals surface area (Å²) in [7, 11) is -1.68. The first kappa shape index (κ1) is 25.7. The van der Waals surface area contributed by atoms with E-state index in [0.717, 1.165) is 12.1 Å². The molecule has 0 spiro atoms. The lowest BCUT2D eigenvalue weighted by atomic mass is 10.1. The van der Waals surface area contributed by atoms with Gasteiger partial charge in [0.25, 0.3) is 15.6 Å². The van der Waals surface area contributed by atoms with E-state index >= 15 is 0 Å². The van der Waals surface area contributed by atoms with Gasteiger partial charge in [0.15, 0.2) is 0 Å². The monoisotopic (exact) mass is 529 g/mol. The molecule has 0 saturated heterocycles. The number of carbonyl (C=O) groups excluding carboxylic acids is 1. The molecule has 0 aliphatic carbocycles. The van der Waals surface area contributed by atoms with Gasteiger partial charge in [0.1, 0.15) is 22.2 Å². The quantitative estimate of drug-likeness (QED) is 0.359. The number of methoxy groups -OCH3 is 1. The second kappa shape index (κ2) is 10.3. The molecule has 10 nitrogen and oxygen atoms in total. The highest BCUT2D eigenvalue weighted by atomic mass is 32.2. The van der Waals surface area contributed by atoms with E-state index in [1.54, 1.807) is 18.2 Å². The molecular formula is C24H21F2N5O5S. The average molecular weight is 530 g/mol. The van der Waals surface area contributed by atoms with Crippen molar-refractivity contribution >= 4 is 32.5 Å². The minimum atomic E-state index is -4.46. The van der Waals surface area contributed by atoms with Gasteiger partial charge < -0.3 is 10.1 Å². The van der Waals surface area contributed by atoms with Crippen molar-refractivity contribution < 1.29 is 26.7 Å². The number of sulfonamides is 1. The first-order valence-corrected chi connectivity index (χ1v) is 12.3. The maximum atomic E-state index is 14.1. The van der Waals surface area contributed by atoms with Crippen molar-refractivity contribution in [2.45, 2.75) is 17.9 Å². The van der Waals surface area contributed by atoms with E-state index in [-0.39, 0.29) is 41.4 Å². The van der Waals surface area contributed by atoms with Crippen LogP contribution in [0.2, 0.25) is 0 Å². The molecule has 2 aromatic carbocycles. The molecule has 2 heterocycles. The maximum absolute atomic E-state index is 14.1. The lowest BCUT2D eigenvalue weighted by molar-refractivity contribution is -0.120. The molecule has 1 amide bonds. The van der Waals surface area contributed by atoms with Crippen LogP contribution in [-0.4, -0.2) is 43.0 Å². The van der Waals surface area contributed by atoms with Crippen molar-refractivity contribution in [3.63, 3.8) is 0 Å². The lowest BCUT2D eigenvalue weighted by Crippen LogP contribution is -2.25. The van der Waals surface area contributed by atoms with Crippen molar-refractivity contribution in [3.8, 4) is 17.0 Å². The number of amides is 1. The molecule has 4 aromatic rings. The number of pyridine rings is 1. The van der Waals surface area contributed by atoms with Crippen LogP contribution in [0.5, 0.6) is 5.88 Å². The van der Waals surface area contributed by atoms with Crippen LogP contribution in [0, 0.1) is 11.6 Å². The summed E-state index contributed by atoms with van der Waals surface area (Å²) in [5.74, 6) is -2.49. The second-order valence-electron chi connectivity index (χ2n) is 7.86. The van der Waals surface area contributed by atoms with Crippen LogP contribution in [0.25, 0.3) is 22.0 Å². The summed E-state index contributed by atoms with van der Waals surface area (Å²) in [6, 6.07) is 8.37. The first-order chi connectivity index (χ1) is 17.6. The second-order valence-corrected chi connectivity index (χ2v) is 9.51. The van der Waals surface area contributed by atoms with Crippen molar-refractivity contribution in [1.29, 1.82) is 0 Å². The summed E-state index contributed by atoms with van der Waals surface area (Å²) < 4.78 is 61.7. The summed E-state index contributed by atoms with van der Waals surface area (Å²) in [4.78, 5) is 32.2. The molecule has 2 N–H and O–H groups in total. The molecule has 0 fully saturated rings. The van der Waals surface area contributed by atoms with Gasteiger partial charge in [-0.25, -0.2) is 27.2 Å². The third kappa shape index (κ3) is 5.40. The number of ether oxygens (including phenoxy) is 1. The van der Waals surface area contributed by atoms with Crippen LogP contribution in [0.15, 0.2) is 64.7 Å². The number of nitrogens with zero attached hydrogens (tertiary/aromatic N) is 3. The van der Waals surface area contributed by atoms with E-state index in [1.807, 2.05) is 0 Å². The fourth-order valence-electron chi connectivity index (χ4n) is 3.58. The van der Waals surface area contributed by atoms with Gasteiger partial charge in [0.2, 0.25) is 11.8 Å². The molecule has 13 heteroatoms. The molecular weight excluding hydrogens is 508 g/mol. The predicted octanol–water partition coefficient (Wildman–Crippen LogP) is 2.68. The molecule has 37 heavy (non-hydrogen) atoms. The van der Waals surface area contributed by atoms with Gasteiger partial charge in [-0.3, -0.25) is 18.9 Å². The molecule has 4 rings (SSSR count). The molecule has 0 saturated carbocycles. The summed E-state index contributed by atoms with van der Waals surface area (Å²) in [5, 5.41) is 2.77. The van der Waals surface area contributed by atoms with Crippen molar-refractivity contribution in [2.75, 3.05) is 18.9 Å². The normalized spacial score (nSPS) is 11.4. The zero-order chi connectivity index (χ0) is 26.7. The molecule has 0 aliphatic heterocycles. The fourth-order valence-corrected chi connectivity index (χ4v) is 4.69. The van der Waals surface area contributed by atoms with Crippen LogP contribution in [0.4, 0.5) is 14.5 Å². The number of hydrogen-bond donors (Lipinski definition) is 2. The summed E-state index contributed by atoms with van der Waals surface area (Å²) >= 11 is 0. The Labute approximate surface area is 210 Å². The Balaban J connectivity index is 1.72. The number of aromatic nitrogens is 3. The Morgan fingerprint density at radius 2 is 1.86 bits per heavy atom. The molecule has 2 aromatic heterocycles. The first-order valence-electron chi connectivity index (χ1n) is 10.8. The van der Waals surface area contributed by atoms with E-state index in [0.29, 0.717) is 22.7 Å². The SMILES string of the molecule is CNC(=O)CCn1cnc2ccc(-c3cnc(OC)c(NS(=O)(=O)c4ccc(F)cc4F)c3)cc2c1=O. The molecule has 192 valence electrons. The van der Waals surface area contributed by atoms with Crippen molar-refractivity contribution in [3.05, 3.63) is 77.0 Å². The molecule has 0 aliphatic rings. The van der Waals surface area contributed by atoms with Gasteiger partial charge in [-0.05, 0) is 35.9 Å². The van der Waals surface area contributed by atoms with Gasteiger partial charge in [-0.1, -0.05) is 6.07 Å². The third-order valence-electron chi connectivity index (χ3n) is 5.49. The van der Waals surface area contributed by atoms with E-state index in [4.69, 9.17) is 4.74 Å². The zero-order valence-electron chi connectivity index (χ0n) is 19.7. The largest absolute Gasteiger partial charge is 0.480 e. The van der Waals surface area contributed by atoms with Gasteiger partial charge >= 0.3 is 0 Å². The zero-order valence-corrected chi connectivity index (χ0v) is 20.5. The number of nitrogens with one attached hydrogen (secondary N) is 2. The van der Waals surface area contributed by atoms with Gasteiger partial charge in [0.05, 0.1) is 24.3 Å². The third-order valence-corrected chi connectivity index (χ3v) is 6.89. The van der Waals surface area contributed by atoms with Gasteiger partial charge in [-0.2, -0.15) is 0 Å². The average Bonchev–Trinajstić information content (AvgIpc) is 2.87. The summed E-state index contributed by atoms with van der Waals surface area (Å²) in [6.07, 6.45) is 2.88. The van der Waals surface area contributed by atoms with E-state index in [2.05, 4.69) is 20.0 Å². The van der Waals surface area contributed by atoms with Crippen LogP contribution < -0.4 is 20.3 Å². The number of fused-ring (bicyclic) bond motifs is 1. The minimum absolute atomic E-state index is 0.0890. The number of aryl methyl sites for hydroxylation is 1. The highest BCUT2D eigenvalue weighted by Gasteiger charge is 2.22. The van der Waals surface area contributed by atoms with Crippen molar-refractivity contribution in [1.82, 2.24) is 19.9 Å². The summed E-state index contributed by atoms with van der Waals surface area (Å²) in [5.41, 5.74) is 0.904. The Hall–Kier alpha value is -4.39. The Kier molecular flexibility index (Phi) is 7.16.